The van der Waals surface area contributed by atoms with E-state index in [0.29, 0.717) is 12.5 Å². The van der Waals surface area contributed by atoms with E-state index in [4.69, 9.17) is 10.1 Å². The zero-order valence-electron chi connectivity index (χ0n) is 14.4. The molecule has 5 nitrogen and oxygen atoms in total. The maximum Gasteiger partial charge on any atom is 0.303 e. The van der Waals surface area contributed by atoms with Crippen LogP contribution in [0, 0.1) is 0 Å². The van der Waals surface area contributed by atoms with Crippen LogP contribution >= 0.6 is 23.1 Å². The molecule has 1 aromatic heterocycles. The molecule has 1 saturated heterocycles. The van der Waals surface area contributed by atoms with Crippen LogP contribution in [0.15, 0.2) is 34.6 Å². The van der Waals surface area contributed by atoms with Crippen molar-refractivity contribution in [1.82, 2.24) is 9.88 Å². The summed E-state index contributed by atoms with van der Waals surface area (Å²) in [4.78, 5) is 22.4. The molecule has 0 saturated carbocycles. The number of carboxylic acids is 1. The van der Waals surface area contributed by atoms with Crippen molar-refractivity contribution in [3.8, 4) is 0 Å². The third kappa shape index (κ3) is 3.94. The van der Waals surface area contributed by atoms with Gasteiger partial charge in [-0.1, -0.05) is 36.0 Å². The molecule has 1 N–H and O–H groups in total. The van der Waals surface area contributed by atoms with Gasteiger partial charge in [0.05, 0.1) is 5.69 Å². The van der Waals surface area contributed by atoms with Gasteiger partial charge in [0.15, 0.2) is 5.17 Å². The average Bonchev–Trinajstić information content (AvgIpc) is 3.24. The van der Waals surface area contributed by atoms with E-state index < -0.39 is 5.97 Å². The highest BCUT2D eigenvalue weighted by atomic mass is 32.2. The van der Waals surface area contributed by atoms with Crippen molar-refractivity contribution in [3.05, 3.63) is 46.5 Å². The lowest BCUT2D eigenvalue weighted by Crippen LogP contribution is -2.38. The van der Waals surface area contributed by atoms with Crippen LogP contribution in [-0.4, -0.2) is 37.9 Å². The number of unbranched alkanes of at least 4 members (excludes halogenated alkanes) is 1. The normalized spacial score (nSPS) is 20.2. The standard InChI is InChI=1S/C19H21N3O2S2/c23-17(24)8-4-3-7-15-11-25-18(20-15)21-19-22-10-14-6-2-1-5-13(14)9-16(22)12-26-19/h1-2,5-6,11,16H,3-4,7-10,12H2,(H,23,24). The van der Waals surface area contributed by atoms with E-state index in [1.165, 1.54) is 11.1 Å². The van der Waals surface area contributed by atoms with Gasteiger partial charge in [-0.15, -0.1) is 11.3 Å². The summed E-state index contributed by atoms with van der Waals surface area (Å²) in [7, 11) is 0. The van der Waals surface area contributed by atoms with Crippen molar-refractivity contribution < 1.29 is 9.90 Å². The predicted octanol–water partition coefficient (Wildman–Crippen LogP) is 4.10. The van der Waals surface area contributed by atoms with E-state index in [2.05, 4.69) is 34.1 Å². The molecule has 0 radical (unpaired) electrons. The van der Waals surface area contributed by atoms with Crippen molar-refractivity contribution in [1.29, 1.82) is 0 Å². The summed E-state index contributed by atoms with van der Waals surface area (Å²) in [5, 5.41) is 12.6. The van der Waals surface area contributed by atoms with Gasteiger partial charge >= 0.3 is 5.97 Å². The molecule has 136 valence electrons. The third-order valence-corrected chi connectivity index (χ3v) is 6.73. The second kappa shape index (κ2) is 7.80. The number of fused-ring (bicyclic) bond motifs is 2. The fraction of sp³-hybridized carbons (Fsp3) is 0.421. The van der Waals surface area contributed by atoms with E-state index in [0.717, 1.165) is 47.6 Å². The lowest BCUT2D eigenvalue weighted by atomic mass is 9.95. The monoisotopic (exact) mass is 387 g/mol. The highest BCUT2D eigenvalue weighted by Crippen LogP contribution is 2.35. The Morgan fingerprint density at radius 1 is 1.31 bits per heavy atom. The van der Waals surface area contributed by atoms with E-state index >= 15 is 0 Å². The Hall–Kier alpha value is -1.86. The summed E-state index contributed by atoms with van der Waals surface area (Å²) in [5.41, 5.74) is 3.88. The Morgan fingerprint density at radius 3 is 3.00 bits per heavy atom. The predicted molar refractivity (Wildman–Crippen MR) is 106 cm³/mol. The van der Waals surface area contributed by atoms with E-state index in [9.17, 15) is 4.79 Å². The summed E-state index contributed by atoms with van der Waals surface area (Å²) in [5.74, 6) is 0.354. The number of thioether (sulfide) groups is 1. The summed E-state index contributed by atoms with van der Waals surface area (Å²) in [6.45, 7) is 0.931. The summed E-state index contributed by atoms with van der Waals surface area (Å²) in [6.07, 6.45) is 3.69. The molecule has 3 heterocycles. The van der Waals surface area contributed by atoms with Crippen molar-refractivity contribution in [2.45, 2.75) is 44.7 Å². The van der Waals surface area contributed by atoms with Crippen LogP contribution in [0.2, 0.25) is 0 Å². The summed E-state index contributed by atoms with van der Waals surface area (Å²) < 4.78 is 0. The molecule has 2 aliphatic heterocycles. The Balaban J connectivity index is 1.40. The van der Waals surface area contributed by atoms with Crippen molar-refractivity contribution in [3.63, 3.8) is 0 Å². The quantitative estimate of drug-likeness (QED) is 0.756. The molecular weight excluding hydrogens is 366 g/mol. The Morgan fingerprint density at radius 2 is 2.15 bits per heavy atom. The number of benzene rings is 1. The number of aromatic nitrogens is 1. The van der Waals surface area contributed by atoms with Crippen LogP contribution in [-0.2, 0) is 24.2 Å². The molecule has 2 aliphatic rings. The Bertz CT molecular complexity index is 834. The molecule has 1 fully saturated rings. The van der Waals surface area contributed by atoms with E-state index in [-0.39, 0.29) is 6.42 Å². The molecule has 1 atom stereocenters. The van der Waals surface area contributed by atoms with Gasteiger partial charge in [-0.3, -0.25) is 4.79 Å². The molecule has 0 amide bonds. The minimum absolute atomic E-state index is 0.230. The zero-order valence-corrected chi connectivity index (χ0v) is 16.1. The zero-order chi connectivity index (χ0) is 17.9. The number of hydrogen-bond acceptors (Lipinski definition) is 5. The lowest BCUT2D eigenvalue weighted by molar-refractivity contribution is -0.137. The minimum atomic E-state index is -0.730. The number of nitrogens with zero attached hydrogens (tertiary/aromatic N) is 3. The van der Waals surface area contributed by atoms with Gasteiger partial charge in [0.2, 0.25) is 5.13 Å². The number of aryl methyl sites for hydroxylation is 1. The second-order valence-corrected chi connectivity index (χ2v) is 8.51. The molecule has 2 aromatic rings. The molecule has 1 unspecified atom stereocenters. The Kier molecular flexibility index (Phi) is 5.26. The first kappa shape index (κ1) is 17.5. The molecule has 0 bridgehead atoms. The largest absolute Gasteiger partial charge is 0.481 e. The minimum Gasteiger partial charge on any atom is -0.481 e. The average molecular weight is 388 g/mol. The fourth-order valence-corrected chi connectivity index (χ4v) is 5.39. The van der Waals surface area contributed by atoms with Crippen LogP contribution in [0.25, 0.3) is 0 Å². The van der Waals surface area contributed by atoms with Gasteiger partial charge in [0, 0.05) is 30.1 Å². The smallest absolute Gasteiger partial charge is 0.303 e. The number of aliphatic carboxylic acids is 1. The highest BCUT2D eigenvalue weighted by Gasteiger charge is 2.34. The van der Waals surface area contributed by atoms with Gasteiger partial charge in [-0.25, -0.2) is 4.98 Å². The lowest BCUT2D eigenvalue weighted by Gasteiger charge is -2.32. The van der Waals surface area contributed by atoms with E-state index in [1.54, 1.807) is 11.3 Å². The van der Waals surface area contributed by atoms with Crippen molar-refractivity contribution in [2.75, 3.05) is 5.75 Å². The molecule has 0 spiro atoms. The number of rotatable bonds is 6. The first-order valence-corrected chi connectivity index (χ1v) is 10.8. The van der Waals surface area contributed by atoms with Gasteiger partial charge in [0.25, 0.3) is 0 Å². The second-order valence-electron chi connectivity index (χ2n) is 6.68. The first-order chi connectivity index (χ1) is 12.7. The summed E-state index contributed by atoms with van der Waals surface area (Å²) in [6, 6.07) is 9.22. The number of carboxylic acid groups (broad SMARTS) is 1. The third-order valence-electron chi connectivity index (χ3n) is 4.81. The van der Waals surface area contributed by atoms with Crippen molar-refractivity contribution in [2.24, 2.45) is 4.99 Å². The molecule has 26 heavy (non-hydrogen) atoms. The fourth-order valence-electron chi connectivity index (χ4n) is 3.44. The van der Waals surface area contributed by atoms with Gasteiger partial charge in [-0.05, 0) is 36.8 Å². The van der Waals surface area contributed by atoms with Crippen LogP contribution in [0.5, 0.6) is 0 Å². The molecule has 4 rings (SSSR count). The molecule has 7 heteroatoms. The number of carbonyl (C=O) groups is 1. The number of hydrogen-bond donors (Lipinski definition) is 1. The molecular formula is C19H21N3O2S2. The SMILES string of the molecule is O=C(O)CCCCc1csc(N=C2SCC3Cc4ccccc4CN23)n1. The van der Waals surface area contributed by atoms with Gasteiger partial charge in [-0.2, -0.15) is 4.99 Å². The molecule has 0 aliphatic carbocycles. The van der Waals surface area contributed by atoms with E-state index in [1.807, 2.05) is 17.1 Å². The van der Waals surface area contributed by atoms with Crippen molar-refractivity contribution >= 4 is 39.4 Å². The number of aliphatic imine (C=N–C) groups is 1. The Labute approximate surface area is 161 Å². The van der Waals surface area contributed by atoms with Crippen LogP contribution in [0.4, 0.5) is 5.13 Å². The number of amidine groups is 1. The van der Waals surface area contributed by atoms with Crippen LogP contribution < -0.4 is 0 Å². The number of thiazole rings is 1. The topological polar surface area (TPSA) is 65.8 Å². The van der Waals surface area contributed by atoms with Crippen LogP contribution in [0.1, 0.15) is 36.1 Å². The van der Waals surface area contributed by atoms with Gasteiger partial charge in [0.1, 0.15) is 0 Å². The maximum absolute atomic E-state index is 10.6. The maximum atomic E-state index is 10.6. The van der Waals surface area contributed by atoms with Gasteiger partial charge < -0.3 is 10.0 Å². The first-order valence-electron chi connectivity index (χ1n) is 8.90. The van der Waals surface area contributed by atoms with Crippen LogP contribution in [0.3, 0.4) is 0 Å². The summed E-state index contributed by atoms with van der Waals surface area (Å²) >= 11 is 3.40. The molecule has 1 aromatic carbocycles. The highest BCUT2D eigenvalue weighted by molar-refractivity contribution is 8.14.